The van der Waals surface area contributed by atoms with Crippen LogP contribution in [0.15, 0.2) is 34.9 Å². The van der Waals surface area contributed by atoms with Crippen molar-refractivity contribution < 1.29 is 9.15 Å². The fraction of sp³-hybridized carbons (Fsp3) is 0.182. The van der Waals surface area contributed by atoms with E-state index in [1.54, 1.807) is 30.5 Å². The summed E-state index contributed by atoms with van der Waals surface area (Å²) < 4.78 is 10.7. The highest BCUT2D eigenvalue weighted by atomic mass is 35.5. The topological polar surface area (TPSA) is 35.3 Å². The van der Waals surface area contributed by atoms with Gasteiger partial charge in [-0.3, -0.25) is 0 Å². The summed E-state index contributed by atoms with van der Waals surface area (Å²) in [7, 11) is 0. The molecular formula is C11H10ClNO2. The number of oxazole rings is 1. The van der Waals surface area contributed by atoms with Gasteiger partial charge in [0.15, 0.2) is 6.61 Å². The van der Waals surface area contributed by atoms with Crippen LogP contribution in [0.5, 0.6) is 5.75 Å². The minimum atomic E-state index is 0.329. The quantitative estimate of drug-likeness (QED) is 0.802. The zero-order chi connectivity index (χ0) is 10.7. The van der Waals surface area contributed by atoms with Gasteiger partial charge in [0, 0.05) is 5.02 Å². The van der Waals surface area contributed by atoms with E-state index in [9.17, 15) is 0 Å². The lowest BCUT2D eigenvalue weighted by Gasteiger charge is -2.02. The lowest BCUT2D eigenvalue weighted by molar-refractivity contribution is 0.260. The molecule has 1 heterocycles. The summed E-state index contributed by atoms with van der Waals surface area (Å²) in [5.41, 5.74) is 0. The molecule has 0 aliphatic carbocycles. The fourth-order valence-corrected chi connectivity index (χ4v) is 1.27. The summed E-state index contributed by atoms with van der Waals surface area (Å²) in [6.07, 6.45) is 1.67. The normalized spacial score (nSPS) is 10.3. The molecule has 15 heavy (non-hydrogen) atoms. The number of halogens is 1. The van der Waals surface area contributed by atoms with Gasteiger partial charge >= 0.3 is 0 Å². The van der Waals surface area contributed by atoms with E-state index in [1.807, 2.05) is 6.92 Å². The van der Waals surface area contributed by atoms with E-state index < -0.39 is 0 Å². The van der Waals surface area contributed by atoms with E-state index in [-0.39, 0.29) is 0 Å². The second-order valence-corrected chi connectivity index (χ2v) is 3.54. The van der Waals surface area contributed by atoms with Crippen molar-refractivity contribution in [1.29, 1.82) is 0 Å². The van der Waals surface area contributed by atoms with E-state index in [0.29, 0.717) is 17.5 Å². The van der Waals surface area contributed by atoms with Gasteiger partial charge in [-0.1, -0.05) is 11.6 Å². The lowest BCUT2D eigenvalue weighted by atomic mass is 10.3. The first-order chi connectivity index (χ1) is 7.24. The summed E-state index contributed by atoms with van der Waals surface area (Å²) >= 11 is 5.75. The Kier molecular flexibility index (Phi) is 2.92. The summed E-state index contributed by atoms with van der Waals surface area (Å²) in [4.78, 5) is 4.03. The van der Waals surface area contributed by atoms with Crippen molar-refractivity contribution in [3.63, 3.8) is 0 Å². The van der Waals surface area contributed by atoms with Crippen LogP contribution in [-0.2, 0) is 6.61 Å². The number of nitrogens with zero attached hydrogens (tertiary/aromatic N) is 1. The SMILES string of the molecule is Cc1cnc(COc2ccc(Cl)cc2)o1. The summed E-state index contributed by atoms with van der Waals surface area (Å²) in [6.45, 7) is 2.17. The molecule has 0 saturated heterocycles. The number of ether oxygens (including phenoxy) is 1. The number of hydrogen-bond acceptors (Lipinski definition) is 3. The predicted octanol–water partition coefficient (Wildman–Crippen LogP) is 3.22. The summed E-state index contributed by atoms with van der Waals surface area (Å²) in [6, 6.07) is 7.16. The van der Waals surface area contributed by atoms with E-state index in [2.05, 4.69) is 4.98 Å². The van der Waals surface area contributed by atoms with Crippen LogP contribution in [0.4, 0.5) is 0 Å². The molecule has 2 aromatic rings. The molecule has 0 unspecified atom stereocenters. The van der Waals surface area contributed by atoms with Crippen LogP contribution in [0.25, 0.3) is 0 Å². The van der Waals surface area contributed by atoms with E-state index in [1.165, 1.54) is 0 Å². The smallest absolute Gasteiger partial charge is 0.232 e. The molecule has 2 rings (SSSR count). The van der Waals surface area contributed by atoms with E-state index in [0.717, 1.165) is 11.5 Å². The van der Waals surface area contributed by atoms with Gasteiger partial charge in [-0.25, -0.2) is 4.98 Å². The van der Waals surface area contributed by atoms with Gasteiger partial charge in [-0.05, 0) is 31.2 Å². The van der Waals surface area contributed by atoms with Crippen LogP contribution < -0.4 is 4.74 Å². The van der Waals surface area contributed by atoms with Crippen LogP contribution in [0.1, 0.15) is 11.7 Å². The molecule has 0 spiro atoms. The Labute approximate surface area is 92.6 Å². The zero-order valence-electron chi connectivity index (χ0n) is 8.24. The van der Waals surface area contributed by atoms with Crippen LogP contribution in [0.2, 0.25) is 5.02 Å². The number of benzene rings is 1. The maximum atomic E-state index is 5.75. The summed E-state index contributed by atoms with van der Waals surface area (Å²) in [5.74, 6) is 2.10. The highest BCUT2D eigenvalue weighted by molar-refractivity contribution is 6.30. The van der Waals surface area contributed by atoms with Gasteiger partial charge < -0.3 is 9.15 Å². The Morgan fingerprint density at radius 3 is 2.67 bits per heavy atom. The number of hydrogen-bond donors (Lipinski definition) is 0. The number of rotatable bonds is 3. The van der Waals surface area contributed by atoms with Gasteiger partial charge in [-0.2, -0.15) is 0 Å². The van der Waals surface area contributed by atoms with E-state index >= 15 is 0 Å². The highest BCUT2D eigenvalue weighted by Crippen LogP contribution is 2.16. The Bertz CT molecular complexity index is 436. The molecule has 4 heteroatoms. The molecule has 0 amide bonds. The van der Waals surface area contributed by atoms with Gasteiger partial charge in [0.25, 0.3) is 0 Å². The number of aryl methyl sites for hydroxylation is 1. The predicted molar refractivity (Wildman–Crippen MR) is 57.0 cm³/mol. The van der Waals surface area contributed by atoms with Crippen molar-refractivity contribution in [2.24, 2.45) is 0 Å². The zero-order valence-corrected chi connectivity index (χ0v) is 8.99. The molecule has 1 aromatic carbocycles. The standard InChI is InChI=1S/C11H10ClNO2/c1-8-6-13-11(15-8)7-14-10-4-2-9(12)3-5-10/h2-6H,7H2,1H3. The molecule has 3 nitrogen and oxygen atoms in total. The Morgan fingerprint density at radius 2 is 2.07 bits per heavy atom. The maximum absolute atomic E-state index is 5.75. The average Bonchev–Trinajstić information content (AvgIpc) is 2.64. The second-order valence-electron chi connectivity index (χ2n) is 3.11. The largest absolute Gasteiger partial charge is 0.484 e. The minimum Gasteiger partial charge on any atom is -0.484 e. The highest BCUT2D eigenvalue weighted by Gasteiger charge is 2.01. The molecule has 0 atom stereocenters. The van der Waals surface area contributed by atoms with Crippen molar-refractivity contribution in [2.45, 2.75) is 13.5 Å². The van der Waals surface area contributed by atoms with Gasteiger partial charge in [-0.15, -0.1) is 0 Å². The fourth-order valence-electron chi connectivity index (χ4n) is 1.14. The van der Waals surface area contributed by atoms with E-state index in [4.69, 9.17) is 20.8 Å². The van der Waals surface area contributed by atoms with Crippen LogP contribution in [0.3, 0.4) is 0 Å². The van der Waals surface area contributed by atoms with Crippen LogP contribution in [-0.4, -0.2) is 4.98 Å². The lowest BCUT2D eigenvalue weighted by Crippen LogP contribution is -1.94. The monoisotopic (exact) mass is 223 g/mol. The number of aromatic nitrogens is 1. The molecule has 0 aliphatic rings. The molecule has 1 aromatic heterocycles. The molecule has 0 aliphatic heterocycles. The molecule has 0 N–H and O–H groups in total. The molecule has 0 bridgehead atoms. The van der Waals surface area contributed by atoms with Crippen molar-refractivity contribution in [3.05, 3.63) is 47.1 Å². The van der Waals surface area contributed by atoms with Crippen LogP contribution in [0, 0.1) is 6.92 Å². The molecule has 78 valence electrons. The average molecular weight is 224 g/mol. The molecule has 0 radical (unpaired) electrons. The van der Waals surface area contributed by atoms with Crippen molar-refractivity contribution in [3.8, 4) is 5.75 Å². The first-order valence-electron chi connectivity index (χ1n) is 4.54. The Hall–Kier alpha value is -1.48. The van der Waals surface area contributed by atoms with Crippen LogP contribution >= 0.6 is 11.6 Å². The third-order valence-corrected chi connectivity index (χ3v) is 2.10. The minimum absolute atomic E-state index is 0.329. The Balaban J connectivity index is 1.96. The summed E-state index contributed by atoms with van der Waals surface area (Å²) in [5, 5.41) is 0.689. The third kappa shape index (κ3) is 2.73. The first-order valence-corrected chi connectivity index (χ1v) is 4.91. The maximum Gasteiger partial charge on any atom is 0.232 e. The molecule has 0 fully saturated rings. The van der Waals surface area contributed by atoms with Crippen molar-refractivity contribution in [1.82, 2.24) is 4.98 Å². The Morgan fingerprint density at radius 1 is 1.33 bits per heavy atom. The van der Waals surface area contributed by atoms with Crippen molar-refractivity contribution >= 4 is 11.6 Å². The van der Waals surface area contributed by atoms with Crippen molar-refractivity contribution in [2.75, 3.05) is 0 Å². The third-order valence-electron chi connectivity index (χ3n) is 1.85. The molecular weight excluding hydrogens is 214 g/mol. The first kappa shape index (κ1) is 10.1. The van der Waals surface area contributed by atoms with Gasteiger partial charge in [0.05, 0.1) is 6.20 Å². The molecule has 0 saturated carbocycles. The van der Waals surface area contributed by atoms with Gasteiger partial charge in [0.1, 0.15) is 11.5 Å². The van der Waals surface area contributed by atoms with Gasteiger partial charge in [0.2, 0.25) is 5.89 Å². The second kappa shape index (κ2) is 4.36.